The topological polar surface area (TPSA) is 318 Å². The second kappa shape index (κ2) is 24.3. The van der Waals surface area contributed by atoms with Crippen molar-refractivity contribution in [3.05, 3.63) is 137 Å². The van der Waals surface area contributed by atoms with Crippen molar-refractivity contribution in [2.75, 3.05) is 59.0 Å². The average Bonchev–Trinajstić information content (AvgIpc) is 3.27. The molecule has 24 nitrogen and oxygen atoms in total. The highest BCUT2D eigenvalue weighted by atomic mass is 35.5. The van der Waals surface area contributed by atoms with Crippen LogP contribution in [-0.4, -0.2) is 144 Å². The number of rotatable bonds is 24. The van der Waals surface area contributed by atoms with Crippen LogP contribution in [0.2, 0.25) is 0 Å². The minimum atomic E-state index is -1.38. The molecular weight excluding hydrogens is 868 g/mol. The Morgan fingerprint density at radius 3 is 1.47 bits per heavy atom. The summed E-state index contributed by atoms with van der Waals surface area (Å²) in [4.78, 5) is 120. The standard InChI is InChI=1S/C39H47ClN10O14/c40-44-20-25-64-24-19-43-35(55)26(46(39(59)30-11-4-16-34(54)50(30)63)23-7-18-42-37(57)28-9-2-14-32(52)48(28)61)12-5-21-45(38(58)29-10-3-15-33(53)49(29)62)22-6-17-41-36(56)27-8-1-13-31(51)47(27)60/h1-4,8-11,13-16,26,44,60-63H,5-7,12,17-25H2,(H,41,56)(H,42,57)(H,43,55). The van der Waals surface area contributed by atoms with Crippen LogP contribution in [0.15, 0.2) is 92.0 Å². The Bertz CT molecular complexity index is 2520. The number of hydrogen-bond acceptors (Lipinski definition) is 15. The van der Waals surface area contributed by atoms with E-state index in [1.165, 1.54) is 47.4 Å². The molecule has 1 atom stereocenters. The molecule has 0 aromatic carbocycles. The van der Waals surface area contributed by atoms with E-state index in [0.717, 1.165) is 35.2 Å². The van der Waals surface area contributed by atoms with Gasteiger partial charge in [-0.15, -0.1) is 18.9 Å². The summed E-state index contributed by atoms with van der Waals surface area (Å²) >= 11 is 5.47. The van der Waals surface area contributed by atoms with Crippen LogP contribution in [0.25, 0.3) is 0 Å². The van der Waals surface area contributed by atoms with Crippen LogP contribution in [0, 0.1) is 0 Å². The zero-order valence-corrected chi connectivity index (χ0v) is 34.9. The molecule has 5 amide bonds. The molecule has 4 rings (SSSR count). The van der Waals surface area contributed by atoms with Crippen molar-refractivity contribution >= 4 is 41.3 Å². The fourth-order valence-corrected chi connectivity index (χ4v) is 6.28. The van der Waals surface area contributed by atoms with E-state index in [4.69, 9.17) is 16.5 Å². The fraction of sp³-hybridized carbons (Fsp3) is 0.359. The molecule has 25 heteroatoms. The Labute approximate surface area is 367 Å². The third kappa shape index (κ3) is 13.3. The largest absolute Gasteiger partial charge is 0.425 e. The van der Waals surface area contributed by atoms with Crippen molar-refractivity contribution in [1.82, 2.24) is 49.5 Å². The van der Waals surface area contributed by atoms with Crippen LogP contribution >= 0.6 is 11.8 Å². The number of hydrogen-bond donors (Lipinski definition) is 8. The summed E-state index contributed by atoms with van der Waals surface area (Å²) < 4.78 is 6.00. The highest BCUT2D eigenvalue weighted by Gasteiger charge is 2.32. The summed E-state index contributed by atoms with van der Waals surface area (Å²) in [5.74, 6) is -4.16. The summed E-state index contributed by atoms with van der Waals surface area (Å²) in [7, 11) is 0. The van der Waals surface area contributed by atoms with Gasteiger partial charge >= 0.3 is 0 Å². The van der Waals surface area contributed by atoms with E-state index in [9.17, 15) is 64.0 Å². The van der Waals surface area contributed by atoms with Gasteiger partial charge in [0.05, 0.1) is 13.2 Å². The lowest BCUT2D eigenvalue weighted by Crippen LogP contribution is -2.52. The summed E-state index contributed by atoms with van der Waals surface area (Å²) in [6.45, 7) is -0.334. The van der Waals surface area contributed by atoms with Crippen LogP contribution in [0.1, 0.15) is 67.6 Å². The first kappa shape index (κ1) is 49.2. The minimum absolute atomic E-state index is 0.0284. The minimum Gasteiger partial charge on any atom is -0.425 e. The van der Waals surface area contributed by atoms with E-state index in [1.807, 2.05) is 0 Å². The maximum absolute atomic E-state index is 14.2. The third-order valence-electron chi connectivity index (χ3n) is 9.39. The van der Waals surface area contributed by atoms with Crippen molar-refractivity contribution in [1.29, 1.82) is 0 Å². The van der Waals surface area contributed by atoms with Gasteiger partial charge in [0, 0.05) is 70.1 Å². The van der Waals surface area contributed by atoms with Crippen molar-refractivity contribution in [2.24, 2.45) is 0 Å². The van der Waals surface area contributed by atoms with Gasteiger partial charge in [-0.3, -0.25) is 43.2 Å². The van der Waals surface area contributed by atoms with Gasteiger partial charge in [0.2, 0.25) is 5.91 Å². The summed E-state index contributed by atoms with van der Waals surface area (Å²) in [6.07, 6.45) is -0.206. The van der Waals surface area contributed by atoms with E-state index < -0.39 is 69.2 Å². The molecule has 0 saturated heterocycles. The molecule has 4 aromatic heterocycles. The summed E-state index contributed by atoms with van der Waals surface area (Å²) in [5, 5.41) is 48.7. The number of carbonyl (C=O) groups excluding carboxylic acids is 5. The highest BCUT2D eigenvalue weighted by molar-refractivity contribution is 6.13. The number of aromatic nitrogens is 4. The Morgan fingerprint density at radius 2 is 0.969 bits per heavy atom. The number of halogens is 1. The third-order valence-corrected chi connectivity index (χ3v) is 9.58. The van der Waals surface area contributed by atoms with Crippen LogP contribution in [-0.2, 0) is 9.53 Å². The van der Waals surface area contributed by atoms with Crippen molar-refractivity contribution in [2.45, 2.75) is 31.7 Å². The van der Waals surface area contributed by atoms with E-state index in [2.05, 4.69) is 20.8 Å². The molecule has 0 radical (unpaired) electrons. The van der Waals surface area contributed by atoms with Crippen LogP contribution < -0.4 is 43.0 Å². The van der Waals surface area contributed by atoms with Gasteiger partial charge in [-0.2, -0.15) is 0 Å². The summed E-state index contributed by atoms with van der Waals surface area (Å²) in [5.41, 5.74) is -5.21. The monoisotopic (exact) mass is 914 g/mol. The molecule has 0 bridgehead atoms. The van der Waals surface area contributed by atoms with Gasteiger partial charge in [0.1, 0.15) is 28.8 Å². The predicted molar refractivity (Wildman–Crippen MR) is 223 cm³/mol. The van der Waals surface area contributed by atoms with Crippen LogP contribution in [0.4, 0.5) is 0 Å². The van der Waals surface area contributed by atoms with Gasteiger partial charge in [0.15, 0.2) is 0 Å². The first-order chi connectivity index (χ1) is 30.7. The Balaban J connectivity index is 1.59. The molecule has 4 aromatic rings. The lowest BCUT2D eigenvalue weighted by Gasteiger charge is -2.32. The molecule has 4 heterocycles. The number of carbonyl (C=O) groups is 5. The molecule has 0 aliphatic heterocycles. The van der Waals surface area contributed by atoms with Crippen molar-refractivity contribution in [3.8, 4) is 0 Å². The van der Waals surface area contributed by atoms with Gasteiger partial charge in [-0.1, -0.05) is 24.3 Å². The van der Waals surface area contributed by atoms with E-state index in [1.54, 1.807) is 0 Å². The second-order valence-corrected chi connectivity index (χ2v) is 14.0. The predicted octanol–water partition coefficient (Wildman–Crippen LogP) is -1.47. The van der Waals surface area contributed by atoms with Gasteiger partial charge in [-0.05, 0) is 61.7 Å². The average molecular weight is 915 g/mol. The zero-order chi connectivity index (χ0) is 46.8. The number of amides is 5. The Kier molecular flexibility index (Phi) is 18.7. The fourth-order valence-electron chi connectivity index (χ4n) is 6.20. The lowest BCUT2D eigenvalue weighted by molar-refractivity contribution is -0.126. The second-order valence-electron chi connectivity index (χ2n) is 13.7. The quantitative estimate of drug-likeness (QED) is 0.0226. The van der Waals surface area contributed by atoms with Crippen LogP contribution in [0.3, 0.4) is 0 Å². The maximum atomic E-state index is 14.2. The molecule has 64 heavy (non-hydrogen) atoms. The SMILES string of the molecule is O=C(NCCCN(CCCC(C(=O)NCCOCCNCl)N(CCCNC(=O)c1cccc(=O)n1O)C(=O)c1cccc(=O)n1O)C(=O)c1cccc(=O)n1O)c1cccc(=O)n1O. The number of pyridine rings is 4. The Morgan fingerprint density at radius 1 is 0.547 bits per heavy atom. The number of nitrogens with one attached hydrogen (secondary N) is 4. The molecule has 344 valence electrons. The van der Waals surface area contributed by atoms with Crippen molar-refractivity contribution < 1.29 is 49.5 Å². The molecule has 1 unspecified atom stereocenters. The first-order valence-electron chi connectivity index (χ1n) is 19.7. The number of ether oxygens (including phenoxy) is 1. The molecule has 0 spiro atoms. The molecule has 0 aliphatic carbocycles. The van der Waals surface area contributed by atoms with E-state index >= 15 is 0 Å². The molecule has 0 aliphatic rings. The lowest BCUT2D eigenvalue weighted by atomic mass is 10.1. The normalized spacial score (nSPS) is 11.3. The van der Waals surface area contributed by atoms with Gasteiger partial charge in [0.25, 0.3) is 45.9 Å². The highest BCUT2D eigenvalue weighted by Crippen LogP contribution is 2.16. The van der Waals surface area contributed by atoms with Gasteiger partial charge in [-0.25, -0.2) is 4.84 Å². The maximum Gasteiger partial charge on any atom is 0.283 e. The first-order valence-corrected chi connectivity index (χ1v) is 20.1. The van der Waals surface area contributed by atoms with E-state index in [0.29, 0.717) is 6.54 Å². The Hall–Kier alpha value is -7.44. The van der Waals surface area contributed by atoms with Crippen molar-refractivity contribution in [3.63, 3.8) is 0 Å². The van der Waals surface area contributed by atoms with Gasteiger partial charge < -0.3 is 51.3 Å². The zero-order valence-electron chi connectivity index (χ0n) is 34.1. The van der Waals surface area contributed by atoms with E-state index in [-0.39, 0.29) is 108 Å². The summed E-state index contributed by atoms with van der Waals surface area (Å²) in [6, 6.07) is 12.5. The smallest absolute Gasteiger partial charge is 0.283 e. The molecule has 8 N–H and O–H groups in total. The number of nitrogens with zero attached hydrogens (tertiary/aromatic N) is 6. The molecule has 0 saturated carbocycles. The van der Waals surface area contributed by atoms with Crippen LogP contribution in [0.5, 0.6) is 0 Å². The molecular formula is C39H47ClN10O14. The molecule has 0 fully saturated rings.